The number of hydrogen-bond donors (Lipinski definition) is 2. The number of hydrogen-bond acceptors (Lipinski definition) is 4. The molecule has 0 bridgehead atoms. The van der Waals surface area contributed by atoms with Crippen LogP contribution in [0, 0.1) is 11.8 Å². The first-order chi connectivity index (χ1) is 14.7. The molecule has 168 valence electrons. The summed E-state index contributed by atoms with van der Waals surface area (Å²) in [6, 6.07) is 12.6. The van der Waals surface area contributed by atoms with E-state index in [0.29, 0.717) is 12.1 Å². The molecule has 31 heavy (non-hydrogen) atoms. The molecule has 3 rings (SSSR count). The van der Waals surface area contributed by atoms with Gasteiger partial charge in [0.05, 0.1) is 15.6 Å². The van der Waals surface area contributed by atoms with E-state index in [2.05, 4.69) is 28.8 Å². The Balaban J connectivity index is 1.51. The Bertz CT molecular complexity index is 988. The van der Waals surface area contributed by atoms with E-state index in [4.69, 9.17) is 11.6 Å². The number of piperidine rings is 1. The Labute approximate surface area is 190 Å². The maximum absolute atomic E-state index is 12.5. The van der Waals surface area contributed by atoms with Gasteiger partial charge in [0.2, 0.25) is 0 Å². The number of anilines is 1. The normalized spacial score (nSPS) is 19.7. The van der Waals surface area contributed by atoms with E-state index in [0.717, 1.165) is 37.9 Å². The molecule has 1 aliphatic rings. The second-order valence-electron chi connectivity index (χ2n) is 8.43. The quantitative estimate of drug-likeness (QED) is 0.574. The van der Waals surface area contributed by atoms with Crippen molar-refractivity contribution in [2.24, 2.45) is 11.8 Å². The summed E-state index contributed by atoms with van der Waals surface area (Å²) in [5.74, 6) is 1.22. The van der Waals surface area contributed by atoms with Gasteiger partial charge in [0, 0.05) is 25.2 Å². The predicted octanol–water partition coefficient (Wildman–Crippen LogP) is 4.24. The minimum absolute atomic E-state index is 0.144. The molecule has 1 amide bonds. The van der Waals surface area contributed by atoms with E-state index >= 15 is 0 Å². The lowest BCUT2D eigenvalue weighted by Gasteiger charge is -2.34. The van der Waals surface area contributed by atoms with Crippen molar-refractivity contribution in [2.45, 2.75) is 31.6 Å². The number of halogens is 1. The van der Waals surface area contributed by atoms with Crippen molar-refractivity contribution in [1.29, 1.82) is 0 Å². The SMILES string of the molecule is C[C@@H]1C[C@@H](C)CN(CCCNC(=O)c2ccc(NS(=O)(=O)c3ccccc3)c(Cl)c2)C1. The molecule has 2 atom stereocenters. The van der Waals surface area contributed by atoms with Gasteiger partial charge in [0.25, 0.3) is 15.9 Å². The molecule has 0 aliphatic carbocycles. The third-order valence-electron chi connectivity index (χ3n) is 5.41. The van der Waals surface area contributed by atoms with Crippen LogP contribution in [0.2, 0.25) is 5.02 Å². The number of likely N-dealkylation sites (tertiary alicyclic amines) is 1. The largest absolute Gasteiger partial charge is 0.352 e. The van der Waals surface area contributed by atoms with Crippen LogP contribution in [0.15, 0.2) is 53.4 Å². The lowest BCUT2D eigenvalue weighted by atomic mass is 9.92. The van der Waals surface area contributed by atoms with Gasteiger partial charge >= 0.3 is 0 Å². The zero-order valence-electron chi connectivity index (χ0n) is 18.0. The Hall–Kier alpha value is -2.09. The molecular formula is C23H30ClN3O3S. The molecule has 8 heteroatoms. The predicted molar refractivity (Wildman–Crippen MR) is 125 cm³/mol. The Morgan fingerprint density at radius 1 is 1.10 bits per heavy atom. The highest BCUT2D eigenvalue weighted by molar-refractivity contribution is 7.92. The summed E-state index contributed by atoms with van der Waals surface area (Å²) in [5, 5.41) is 3.09. The maximum Gasteiger partial charge on any atom is 0.261 e. The van der Waals surface area contributed by atoms with Crippen LogP contribution in [-0.4, -0.2) is 45.4 Å². The van der Waals surface area contributed by atoms with Gasteiger partial charge in [-0.1, -0.05) is 43.6 Å². The highest BCUT2D eigenvalue weighted by Crippen LogP contribution is 2.26. The molecule has 2 N–H and O–H groups in total. The molecule has 2 aromatic rings. The van der Waals surface area contributed by atoms with Crippen LogP contribution in [-0.2, 0) is 10.0 Å². The molecule has 1 fully saturated rings. The molecule has 1 saturated heterocycles. The molecule has 0 spiro atoms. The monoisotopic (exact) mass is 463 g/mol. The summed E-state index contributed by atoms with van der Waals surface area (Å²) in [4.78, 5) is 15.1. The summed E-state index contributed by atoms with van der Waals surface area (Å²) >= 11 is 6.24. The molecule has 0 saturated carbocycles. The van der Waals surface area contributed by atoms with Gasteiger partial charge in [-0.05, 0) is 61.6 Å². The molecule has 1 heterocycles. The van der Waals surface area contributed by atoms with Crippen molar-refractivity contribution < 1.29 is 13.2 Å². The number of carbonyl (C=O) groups is 1. The lowest BCUT2D eigenvalue weighted by molar-refractivity contribution is 0.0947. The van der Waals surface area contributed by atoms with Gasteiger partial charge in [-0.25, -0.2) is 8.42 Å². The Kier molecular flexibility index (Phi) is 7.97. The average molecular weight is 464 g/mol. The van der Waals surface area contributed by atoms with Gasteiger partial charge in [-0.2, -0.15) is 0 Å². The zero-order valence-corrected chi connectivity index (χ0v) is 19.5. The summed E-state index contributed by atoms with van der Waals surface area (Å²) < 4.78 is 27.4. The number of sulfonamides is 1. The molecule has 1 aliphatic heterocycles. The fourth-order valence-electron chi connectivity index (χ4n) is 4.12. The van der Waals surface area contributed by atoms with E-state index in [1.54, 1.807) is 24.3 Å². The number of amides is 1. The minimum Gasteiger partial charge on any atom is -0.352 e. The van der Waals surface area contributed by atoms with Crippen molar-refractivity contribution in [3.63, 3.8) is 0 Å². The second kappa shape index (κ2) is 10.5. The average Bonchev–Trinajstić information content (AvgIpc) is 2.72. The summed E-state index contributed by atoms with van der Waals surface area (Å²) in [5.41, 5.74) is 0.628. The summed E-state index contributed by atoms with van der Waals surface area (Å²) in [6.45, 7) is 8.37. The van der Waals surface area contributed by atoms with E-state index in [9.17, 15) is 13.2 Å². The van der Waals surface area contributed by atoms with Crippen molar-refractivity contribution in [3.8, 4) is 0 Å². The van der Waals surface area contributed by atoms with Crippen molar-refractivity contribution >= 4 is 33.2 Å². The van der Waals surface area contributed by atoms with Crippen molar-refractivity contribution in [2.75, 3.05) is 30.9 Å². The summed E-state index contributed by atoms with van der Waals surface area (Å²) in [6.07, 6.45) is 2.17. The molecule has 0 aromatic heterocycles. The van der Waals surface area contributed by atoms with Gasteiger partial charge in [-0.3, -0.25) is 9.52 Å². The number of benzene rings is 2. The lowest BCUT2D eigenvalue weighted by Crippen LogP contribution is -2.40. The third-order valence-corrected chi connectivity index (χ3v) is 7.10. The number of nitrogens with zero attached hydrogens (tertiary/aromatic N) is 1. The van der Waals surface area contributed by atoms with Crippen LogP contribution in [0.1, 0.15) is 37.0 Å². The van der Waals surface area contributed by atoms with Crippen LogP contribution in [0.25, 0.3) is 0 Å². The number of nitrogens with one attached hydrogen (secondary N) is 2. The fourth-order valence-corrected chi connectivity index (χ4v) is 5.51. The summed E-state index contributed by atoms with van der Waals surface area (Å²) in [7, 11) is -3.74. The van der Waals surface area contributed by atoms with Gasteiger partial charge in [0.15, 0.2) is 0 Å². The molecular weight excluding hydrogens is 434 g/mol. The fraction of sp³-hybridized carbons (Fsp3) is 0.435. The van der Waals surface area contributed by atoms with Gasteiger partial charge < -0.3 is 10.2 Å². The molecule has 0 radical (unpaired) electrons. The van der Waals surface area contributed by atoms with Crippen molar-refractivity contribution in [1.82, 2.24) is 10.2 Å². The van der Waals surface area contributed by atoms with Crippen LogP contribution >= 0.6 is 11.6 Å². The van der Waals surface area contributed by atoms with E-state index in [1.807, 2.05) is 0 Å². The van der Waals surface area contributed by atoms with Crippen LogP contribution in [0.4, 0.5) is 5.69 Å². The van der Waals surface area contributed by atoms with Crippen LogP contribution in [0.3, 0.4) is 0 Å². The molecule has 6 nitrogen and oxygen atoms in total. The number of rotatable bonds is 8. The highest BCUT2D eigenvalue weighted by Gasteiger charge is 2.21. The minimum atomic E-state index is -3.74. The smallest absolute Gasteiger partial charge is 0.261 e. The second-order valence-corrected chi connectivity index (χ2v) is 10.5. The van der Waals surface area contributed by atoms with Gasteiger partial charge in [-0.15, -0.1) is 0 Å². The Morgan fingerprint density at radius 3 is 2.42 bits per heavy atom. The van der Waals surface area contributed by atoms with E-state index in [-0.39, 0.29) is 21.5 Å². The van der Waals surface area contributed by atoms with Gasteiger partial charge in [0.1, 0.15) is 0 Å². The van der Waals surface area contributed by atoms with Crippen LogP contribution < -0.4 is 10.0 Å². The van der Waals surface area contributed by atoms with E-state index < -0.39 is 10.0 Å². The van der Waals surface area contributed by atoms with Crippen molar-refractivity contribution in [3.05, 3.63) is 59.1 Å². The first-order valence-electron chi connectivity index (χ1n) is 10.6. The molecule has 0 unspecified atom stereocenters. The third kappa shape index (κ3) is 6.69. The first-order valence-corrected chi connectivity index (χ1v) is 12.5. The number of carbonyl (C=O) groups excluding carboxylic acids is 1. The standard InChI is InChI=1S/C23H30ClN3O3S/c1-17-13-18(2)16-27(15-17)12-6-11-25-23(28)19-9-10-22(21(24)14-19)26-31(29,30)20-7-4-3-5-8-20/h3-5,7-10,14,17-18,26H,6,11-13,15-16H2,1-2H3,(H,25,28)/t17-,18-/m1/s1. The Morgan fingerprint density at radius 2 is 1.77 bits per heavy atom. The molecule has 2 aromatic carbocycles. The zero-order chi connectivity index (χ0) is 22.4. The maximum atomic E-state index is 12.5. The highest BCUT2D eigenvalue weighted by atomic mass is 35.5. The topological polar surface area (TPSA) is 78.5 Å². The van der Waals surface area contributed by atoms with E-state index in [1.165, 1.54) is 30.7 Å². The van der Waals surface area contributed by atoms with Crippen LogP contribution in [0.5, 0.6) is 0 Å². The first kappa shape index (κ1) is 23.6.